The molecular formula is C14H17NO3S. The van der Waals surface area contributed by atoms with E-state index in [1.54, 1.807) is 18.9 Å². The van der Waals surface area contributed by atoms with E-state index in [2.05, 4.69) is 5.16 Å². The lowest BCUT2D eigenvalue weighted by Gasteiger charge is -2.06. The molecule has 1 heterocycles. The van der Waals surface area contributed by atoms with Gasteiger partial charge in [-0.1, -0.05) is 5.16 Å². The molecule has 0 aliphatic heterocycles. The van der Waals surface area contributed by atoms with Crippen LogP contribution in [0.1, 0.15) is 11.5 Å². The Labute approximate surface area is 117 Å². The van der Waals surface area contributed by atoms with E-state index in [0.29, 0.717) is 6.61 Å². The molecule has 0 aliphatic carbocycles. The lowest BCUT2D eigenvalue weighted by atomic mass is 10.3. The summed E-state index contributed by atoms with van der Waals surface area (Å²) in [7, 11) is 1.65. The maximum Gasteiger partial charge on any atom is 0.133 e. The van der Waals surface area contributed by atoms with E-state index in [1.807, 2.05) is 37.3 Å². The smallest absolute Gasteiger partial charge is 0.133 e. The van der Waals surface area contributed by atoms with Crippen molar-refractivity contribution >= 4 is 11.8 Å². The predicted octanol–water partition coefficient (Wildman–Crippen LogP) is 3.30. The molecule has 0 fully saturated rings. The van der Waals surface area contributed by atoms with Crippen LogP contribution in [0.2, 0.25) is 0 Å². The van der Waals surface area contributed by atoms with Gasteiger partial charge in [-0.15, -0.1) is 0 Å². The van der Waals surface area contributed by atoms with Crippen molar-refractivity contribution in [2.24, 2.45) is 0 Å². The van der Waals surface area contributed by atoms with Gasteiger partial charge in [-0.3, -0.25) is 0 Å². The third kappa shape index (κ3) is 4.52. The zero-order valence-electron chi connectivity index (χ0n) is 11.1. The lowest BCUT2D eigenvalue weighted by Crippen LogP contribution is -2.00. The Bertz CT molecular complexity index is 496. The SMILES string of the molecule is COc1ccc(OCCSCc2cc(C)on2)cc1. The third-order valence-corrected chi connectivity index (χ3v) is 3.44. The summed E-state index contributed by atoms with van der Waals surface area (Å²) >= 11 is 1.77. The fourth-order valence-corrected chi connectivity index (χ4v) is 2.24. The highest BCUT2D eigenvalue weighted by atomic mass is 32.2. The van der Waals surface area contributed by atoms with Gasteiger partial charge in [-0.25, -0.2) is 0 Å². The van der Waals surface area contributed by atoms with E-state index in [0.717, 1.165) is 34.5 Å². The number of hydrogen-bond acceptors (Lipinski definition) is 5. The highest BCUT2D eigenvalue weighted by molar-refractivity contribution is 7.98. The molecule has 2 aromatic rings. The molecule has 19 heavy (non-hydrogen) atoms. The van der Waals surface area contributed by atoms with Gasteiger partial charge in [0.2, 0.25) is 0 Å². The van der Waals surface area contributed by atoms with Crippen molar-refractivity contribution < 1.29 is 14.0 Å². The molecule has 0 amide bonds. The van der Waals surface area contributed by atoms with E-state index < -0.39 is 0 Å². The van der Waals surface area contributed by atoms with Gasteiger partial charge < -0.3 is 14.0 Å². The van der Waals surface area contributed by atoms with E-state index in [-0.39, 0.29) is 0 Å². The molecule has 0 N–H and O–H groups in total. The zero-order valence-corrected chi connectivity index (χ0v) is 11.9. The number of benzene rings is 1. The molecule has 0 atom stereocenters. The molecule has 0 saturated heterocycles. The topological polar surface area (TPSA) is 44.5 Å². The number of aromatic nitrogens is 1. The molecule has 4 nitrogen and oxygen atoms in total. The summed E-state index contributed by atoms with van der Waals surface area (Å²) in [5.74, 6) is 4.31. The normalized spacial score (nSPS) is 10.4. The molecule has 0 unspecified atom stereocenters. The van der Waals surface area contributed by atoms with Gasteiger partial charge in [-0.05, 0) is 31.2 Å². The van der Waals surface area contributed by atoms with Crippen LogP contribution in [-0.4, -0.2) is 24.6 Å². The van der Waals surface area contributed by atoms with E-state index >= 15 is 0 Å². The van der Waals surface area contributed by atoms with Crippen LogP contribution in [0.25, 0.3) is 0 Å². The minimum atomic E-state index is 0.674. The van der Waals surface area contributed by atoms with Gasteiger partial charge >= 0.3 is 0 Å². The molecular weight excluding hydrogens is 262 g/mol. The van der Waals surface area contributed by atoms with E-state index in [4.69, 9.17) is 14.0 Å². The van der Waals surface area contributed by atoms with Gasteiger partial charge in [0.15, 0.2) is 0 Å². The largest absolute Gasteiger partial charge is 0.497 e. The summed E-state index contributed by atoms with van der Waals surface area (Å²) in [5, 5.41) is 3.94. The van der Waals surface area contributed by atoms with Crippen molar-refractivity contribution in [1.29, 1.82) is 0 Å². The fourth-order valence-electron chi connectivity index (χ4n) is 1.55. The molecule has 0 spiro atoms. The third-order valence-electron chi connectivity index (χ3n) is 2.48. The number of hydrogen-bond donors (Lipinski definition) is 0. The van der Waals surface area contributed by atoms with Crippen molar-refractivity contribution in [3.8, 4) is 11.5 Å². The predicted molar refractivity (Wildman–Crippen MR) is 75.9 cm³/mol. The van der Waals surface area contributed by atoms with Gasteiger partial charge in [0, 0.05) is 17.6 Å². The van der Waals surface area contributed by atoms with Crippen LogP contribution in [0.3, 0.4) is 0 Å². The van der Waals surface area contributed by atoms with Crippen LogP contribution in [0.4, 0.5) is 0 Å². The summed E-state index contributed by atoms with van der Waals surface area (Å²) in [6.07, 6.45) is 0. The molecule has 0 aliphatic rings. The Hall–Kier alpha value is -1.62. The van der Waals surface area contributed by atoms with E-state index in [9.17, 15) is 0 Å². The van der Waals surface area contributed by atoms with Crippen molar-refractivity contribution in [1.82, 2.24) is 5.16 Å². The minimum absolute atomic E-state index is 0.674. The molecule has 2 rings (SSSR count). The zero-order chi connectivity index (χ0) is 13.5. The Morgan fingerprint density at radius 3 is 2.58 bits per heavy atom. The highest BCUT2D eigenvalue weighted by Crippen LogP contribution is 2.18. The molecule has 0 bridgehead atoms. The van der Waals surface area contributed by atoms with Crippen molar-refractivity contribution in [2.45, 2.75) is 12.7 Å². The monoisotopic (exact) mass is 279 g/mol. The summed E-state index contributed by atoms with van der Waals surface area (Å²) in [6, 6.07) is 9.55. The lowest BCUT2D eigenvalue weighted by molar-refractivity contribution is 0.342. The van der Waals surface area contributed by atoms with Crippen LogP contribution in [-0.2, 0) is 5.75 Å². The van der Waals surface area contributed by atoms with Crippen LogP contribution >= 0.6 is 11.8 Å². The van der Waals surface area contributed by atoms with Crippen LogP contribution in [0, 0.1) is 6.92 Å². The molecule has 0 radical (unpaired) electrons. The standard InChI is InChI=1S/C14H17NO3S/c1-11-9-12(15-18-11)10-19-8-7-17-14-5-3-13(16-2)4-6-14/h3-6,9H,7-8,10H2,1-2H3. The first-order valence-corrected chi connectivity index (χ1v) is 7.20. The average Bonchev–Trinajstić information content (AvgIpc) is 2.85. The van der Waals surface area contributed by atoms with E-state index in [1.165, 1.54) is 0 Å². The van der Waals surface area contributed by atoms with Crippen LogP contribution in [0.5, 0.6) is 11.5 Å². The number of rotatable bonds is 7. The molecule has 1 aromatic heterocycles. The van der Waals surface area contributed by atoms with Gasteiger partial charge in [0.05, 0.1) is 19.4 Å². The number of aryl methyl sites for hydroxylation is 1. The summed E-state index contributed by atoms with van der Waals surface area (Å²) in [4.78, 5) is 0. The quantitative estimate of drug-likeness (QED) is 0.728. The second-order valence-corrected chi connectivity index (χ2v) is 5.11. The van der Waals surface area contributed by atoms with Gasteiger partial charge in [-0.2, -0.15) is 11.8 Å². The molecule has 5 heteroatoms. The van der Waals surface area contributed by atoms with Gasteiger partial charge in [0.25, 0.3) is 0 Å². The second-order valence-electron chi connectivity index (χ2n) is 4.01. The first-order valence-electron chi connectivity index (χ1n) is 6.05. The molecule has 102 valence electrons. The number of thioether (sulfide) groups is 1. The summed E-state index contributed by atoms with van der Waals surface area (Å²) in [5.41, 5.74) is 0.979. The maximum atomic E-state index is 5.63. The number of nitrogens with zero attached hydrogens (tertiary/aromatic N) is 1. The first-order chi connectivity index (χ1) is 9.28. The van der Waals surface area contributed by atoms with Crippen molar-refractivity contribution in [2.75, 3.05) is 19.5 Å². The summed E-state index contributed by atoms with van der Waals surface area (Å²) < 4.78 is 15.7. The Morgan fingerprint density at radius 1 is 1.21 bits per heavy atom. The minimum Gasteiger partial charge on any atom is -0.497 e. The molecule has 0 saturated carbocycles. The fraction of sp³-hybridized carbons (Fsp3) is 0.357. The Balaban J connectivity index is 1.63. The summed E-state index contributed by atoms with van der Waals surface area (Å²) in [6.45, 7) is 2.57. The number of methoxy groups -OCH3 is 1. The first kappa shape index (κ1) is 13.8. The maximum absolute atomic E-state index is 5.63. The van der Waals surface area contributed by atoms with Gasteiger partial charge in [0.1, 0.15) is 17.3 Å². The Kier molecular flexibility index (Phi) is 5.15. The average molecular weight is 279 g/mol. The van der Waals surface area contributed by atoms with Crippen molar-refractivity contribution in [3.05, 3.63) is 41.8 Å². The highest BCUT2D eigenvalue weighted by Gasteiger charge is 2.00. The Morgan fingerprint density at radius 2 is 1.95 bits per heavy atom. The van der Waals surface area contributed by atoms with Crippen molar-refractivity contribution in [3.63, 3.8) is 0 Å². The number of ether oxygens (including phenoxy) is 2. The van der Waals surface area contributed by atoms with Crippen LogP contribution in [0.15, 0.2) is 34.9 Å². The van der Waals surface area contributed by atoms with Crippen LogP contribution < -0.4 is 9.47 Å². The molecule has 1 aromatic carbocycles. The second kappa shape index (κ2) is 7.09.